The summed E-state index contributed by atoms with van der Waals surface area (Å²) in [6.07, 6.45) is 7.29. The molecule has 2 heterocycles. The molecule has 2 aromatic heterocycles. The first-order valence-corrected chi connectivity index (χ1v) is 8.36. The Morgan fingerprint density at radius 1 is 1.20 bits per heavy atom. The Bertz CT molecular complexity index is 794. The molecule has 0 radical (unpaired) electrons. The third-order valence-corrected chi connectivity index (χ3v) is 4.01. The van der Waals surface area contributed by atoms with Crippen molar-refractivity contribution in [3.05, 3.63) is 66.5 Å². The number of carbonyl (C=O) groups excluding carboxylic acids is 1. The molecule has 7 nitrogen and oxygen atoms in total. The van der Waals surface area contributed by atoms with Crippen LogP contribution >= 0.6 is 0 Å². The maximum Gasteiger partial charge on any atom is 0.254 e. The van der Waals surface area contributed by atoms with Crippen molar-refractivity contribution < 1.29 is 4.79 Å². The number of nitrogens with one attached hydrogen (secondary N) is 1. The lowest BCUT2D eigenvalue weighted by molar-refractivity contribution is 0.0933. The molecular weight excluding hydrogens is 316 g/mol. The van der Waals surface area contributed by atoms with Crippen molar-refractivity contribution in [2.24, 2.45) is 0 Å². The first-order valence-electron chi connectivity index (χ1n) is 8.36. The summed E-state index contributed by atoms with van der Waals surface area (Å²) in [4.78, 5) is 16.6. The van der Waals surface area contributed by atoms with Crippen LogP contribution in [-0.2, 0) is 6.54 Å². The molecule has 0 fully saturated rings. The molecule has 1 aromatic carbocycles. The second kappa shape index (κ2) is 7.74. The van der Waals surface area contributed by atoms with E-state index >= 15 is 0 Å². The van der Waals surface area contributed by atoms with Gasteiger partial charge in [0.05, 0.1) is 17.8 Å². The van der Waals surface area contributed by atoms with Crippen molar-refractivity contribution >= 4 is 5.91 Å². The van der Waals surface area contributed by atoms with Gasteiger partial charge in [-0.25, -0.2) is 4.98 Å². The van der Waals surface area contributed by atoms with E-state index in [-0.39, 0.29) is 18.0 Å². The van der Waals surface area contributed by atoms with E-state index in [1.807, 2.05) is 44.2 Å². The van der Waals surface area contributed by atoms with E-state index in [1.54, 1.807) is 28.1 Å². The molecule has 1 atom stereocenters. The topological polar surface area (TPSA) is 77.6 Å². The van der Waals surface area contributed by atoms with Crippen LogP contribution in [-0.4, -0.2) is 30.5 Å². The quantitative estimate of drug-likeness (QED) is 0.718. The minimum atomic E-state index is -0.126. The van der Waals surface area contributed by atoms with Gasteiger partial charge in [-0.15, -0.1) is 0 Å². The highest BCUT2D eigenvalue weighted by atomic mass is 16.1. The predicted octanol–water partition coefficient (Wildman–Crippen LogP) is 2.62. The van der Waals surface area contributed by atoms with Gasteiger partial charge >= 0.3 is 0 Å². The van der Waals surface area contributed by atoms with Crippen LogP contribution in [0.2, 0.25) is 0 Å². The van der Waals surface area contributed by atoms with E-state index < -0.39 is 0 Å². The van der Waals surface area contributed by atoms with Crippen LogP contribution in [0.15, 0.2) is 55.4 Å². The Morgan fingerprint density at radius 3 is 2.64 bits per heavy atom. The Morgan fingerprint density at radius 2 is 2.00 bits per heavy atom. The van der Waals surface area contributed by atoms with Crippen LogP contribution in [0.3, 0.4) is 0 Å². The highest BCUT2D eigenvalue weighted by Gasteiger charge is 2.17. The van der Waals surface area contributed by atoms with Crippen LogP contribution in [0.25, 0.3) is 0 Å². The zero-order chi connectivity index (χ0) is 17.6. The summed E-state index contributed by atoms with van der Waals surface area (Å²) < 4.78 is 3.54. The van der Waals surface area contributed by atoms with Crippen LogP contribution < -0.4 is 5.32 Å². The summed E-state index contributed by atoms with van der Waals surface area (Å²) in [5, 5.41) is 11.5. The molecule has 130 valence electrons. The molecule has 3 aromatic rings. The lowest BCUT2D eigenvalue weighted by atomic mass is 10.0. The van der Waals surface area contributed by atoms with E-state index in [4.69, 9.17) is 0 Å². The molecule has 25 heavy (non-hydrogen) atoms. The standard InChI is InChI=1S/C18H22N6O/c1-14(2)24-11-16(10-20-24)18(25)22-17(15-6-4-3-5-7-15)8-9-23-13-19-12-21-23/h3-7,10-14,17H,8-9H2,1-2H3,(H,22,25). The SMILES string of the molecule is CC(C)n1cc(C(=O)NC(CCn2cncn2)c2ccccc2)cn1. The highest BCUT2D eigenvalue weighted by Crippen LogP contribution is 2.18. The number of benzene rings is 1. The van der Waals surface area contributed by atoms with Crippen LogP contribution in [0.5, 0.6) is 0 Å². The van der Waals surface area contributed by atoms with E-state index in [0.29, 0.717) is 12.1 Å². The molecule has 3 rings (SSSR count). The van der Waals surface area contributed by atoms with Crippen molar-refractivity contribution in [1.82, 2.24) is 29.9 Å². The van der Waals surface area contributed by atoms with Gasteiger partial charge in [0.2, 0.25) is 0 Å². The average Bonchev–Trinajstić information content (AvgIpc) is 3.30. The van der Waals surface area contributed by atoms with E-state index in [9.17, 15) is 4.79 Å². The molecule has 1 amide bonds. The summed E-state index contributed by atoms with van der Waals surface area (Å²) in [5.41, 5.74) is 1.63. The molecule has 0 bridgehead atoms. The van der Waals surface area contributed by atoms with Crippen molar-refractivity contribution in [3.8, 4) is 0 Å². The fourth-order valence-corrected chi connectivity index (χ4v) is 2.60. The normalized spacial score (nSPS) is 12.3. The molecule has 0 spiro atoms. The van der Waals surface area contributed by atoms with E-state index in [1.165, 1.54) is 6.33 Å². The molecule has 0 saturated carbocycles. The summed E-state index contributed by atoms with van der Waals surface area (Å²) in [6.45, 7) is 4.73. The maximum atomic E-state index is 12.6. The third-order valence-electron chi connectivity index (χ3n) is 4.01. The van der Waals surface area contributed by atoms with Gasteiger partial charge in [0.1, 0.15) is 12.7 Å². The Balaban J connectivity index is 1.73. The van der Waals surface area contributed by atoms with Crippen LogP contribution in [0.1, 0.15) is 48.3 Å². The number of amides is 1. The smallest absolute Gasteiger partial charge is 0.254 e. The Labute approximate surface area is 146 Å². The lowest BCUT2D eigenvalue weighted by Gasteiger charge is -2.19. The minimum absolute atomic E-state index is 0.111. The number of hydrogen-bond donors (Lipinski definition) is 1. The molecule has 0 aliphatic heterocycles. The average molecular weight is 338 g/mol. The summed E-state index contributed by atoms with van der Waals surface area (Å²) >= 11 is 0. The first kappa shape index (κ1) is 16.9. The second-order valence-electron chi connectivity index (χ2n) is 6.19. The zero-order valence-corrected chi connectivity index (χ0v) is 14.4. The van der Waals surface area contributed by atoms with Gasteiger partial charge < -0.3 is 5.32 Å². The van der Waals surface area contributed by atoms with Crippen LogP contribution in [0.4, 0.5) is 0 Å². The lowest BCUT2D eigenvalue weighted by Crippen LogP contribution is -2.29. The summed E-state index contributed by atoms with van der Waals surface area (Å²) in [6, 6.07) is 10.1. The van der Waals surface area contributed by atoms with E-state index in [0.717, 1.165) is 12.0 Å². The fraction of sp³-hybridized carbons (Fsp3) is 0.333. The van der Waals surface area contributed by atoms with Crippen LogP contribution in [0, 0.1) is 0 Å². The Hall–Kier alpha value is -2.96. The van der Waals surface area contributed by atoms with Gasteiger partial charge in [-0.2, -0.15) is 10.2 Å². The molecule has 0 aliphatic carbocycles. The Kier molecular flexibility index (Phi) is 5.23. The zero-order valence-electron chi connectivity index (χ0n) is 14.4. The van der Waals surface area contributed by atoms with Gasteiger partial charge in [-0.3, -0.25) is 14.2 Å². The van der Waals surface area contributed by atoms with Crippen molar-refractivity contribution in [3.63, 3.8) is 0 Å². The number of rotatable bonds is 7. The summed E-state index contributed by atoms with van der Waals surface area (Å²) in [5.74, 6) is -0.126. The number of hydrogen-bond acceptors (Lipinski definition) is 4. The van der Waals surface area contributed by atoms with Gasteiger partial charge in [-0.1, -0.05) is 30.3 Å². The minimum Gasteiger partial charge on any atom is -0.345 e. The second-order valence-corrected chi connectivity index (χ2v) is 6.19. The van der Waals surface area contributed by atoms with Crippen molar-refractivity contribution in [2.45, 2.75) is 38.9 Å². The highest BCUT2D eigenvalue weighted by molar-refractivity contribution is 5.93. The number of carbonyl (C=O) groups is 1. The molecule has 0 saturated heterocycles. The number of aromatic nitrogens is 5. The van der Waals surface area contributed by atoms with Gasteiger partial charge in [0, 0.05) is 18.8 Å². The molecule has 7 heteroatoms. The maximum absolute atomic E-state index is 12.6. The van der Waals surface area contributed by atoms with Gasteiger partial charge in [0.25, 0.3) is 5.91 Å². The third kappa shape index (κ3) is 4.32. The molecule has 1 unspecified atom stereocenters. The van der Waals surface area contributed by atoms with E-state index in [2.05, 4.69) is 20.5 Å². The van der Waals surface area contributed by atoms with Gasteiger partial charge in [0.15, 0.2) is 0 Å². The molecule has 1 N–H and O–H groups in total. The fourth-order valence-electron chi connectivity index (χ4n) is 2.60. The number of nitrogens with zero attached hydrogens (tertiary/aromatic N) is 5. The summed E-state index contributed by atoms with van der Waals surface area (Å²) in [7, 11) is 0. The predicted molar refractivity (Wildman–Crippen MR) is 93.9 cm³/mol. The first-order chi connectivity index (χ1) is 12.1. The van der Waals surface area contributed by atoms with Crippen molar-refractivity contribution in [1.29, 1.82) is 0 Å². The monoisotopic (exact) mass is 338 g/mol. The molecule has 0 aliphatic rings. The number of aryl methyl sites for hydroxylation is 1. The van der Waals surface area contributed by atoms with Crippen molar-refractivity contribution in [2.75, 3.05) is 0 Å². The van der Waals surface area contributed by atoms with Gasteiger partial charge in [-0.05, 0) is 25.8 Å². The molecular formula is C18H22N6O. The largest absolute Gasteiger partial charge is 0.345 e.